The highest BCUT2D eigenvalue weighted by molar-refractivity contribution is 6.37. The molecule has 0 fully saturated rings. The molecule has 0 amide bonds. The third kappa shape index (κ3) is 5.45. The number of pyridine rings is 1. The van der Waals surface area contributed by atoms with Crippen molar-refractivity contribution < 1.29 is 19.0 Å². The minimum absolute atomic E-state index is 0.123. The number of rotatable bonds is 5. The number of nitrogens with zero attached hydrogens (tertiary/aromatic N) is 1. The average molecular weight is 374 g/mol. The van der Waals surface area contributed by atoms with Crippen LogP contribution in [0.4, 0.5) is 5.69 Å². The van der Waals surface area contributed by atoms with Gasteiger partial charge in [0.15, 0.2) is 12.4 Å². The monoisotopic (exact) mass is 373 g/mol. The molecular formula is C15H17Cl2N3O4. The molecular weight excluding hydrogens is 357 g/mol. The van der Waals surface area contributed by atoms with Crippen LogP contribution in [0.15, 0.2) is 30.5 Å². The summed E-state index contributed by atoms with van der Waals surface area (Å²) in [6.45, 7) is -0.291. The zero-order chi connectivity index (χ0) is 18.1. The molecule has 0 aliphatic rings. The highest BCUT2D eigenvalue weighted by Crippen LogP contribution is 2.37. The molecule has 0 bridgehead atoms. The Balaban J connectivity index is 0.00000139. The number of hydrogen-bond donors (Lipinski definition) is 2. The van der Waals surface area contributed by atoms with Crippen LogP contribution in [0.1, 0.15) is 0 Å². The zero-order valence-corrected chi connectivity index (χ0v) is 14.6. The van der Waals surface area contributed by atoms with Gasteiger partial charge >= 0.3 is 5.97 Å². The topological polar surface area (TPSA) is 110 Å². The summed E-state index contributed by atoms with van der Waals surface area (Å²) in [7, 11) is 2.76. The fourth-order valence-corrected chi connectivity index (χ4v) is 1.91. The minimum Gasteiger partial charge on any atom is -0.466 e. The highest BCUT2D eigenvalue weighted by atomic mass is 35.5. The van der Waals surface area contributed by atoms with Crippen LogP contribution in [0.5, 0.6) is 17.4 Å². The standard InChI is InChI=1S/C14H12Cl2N2O4.CH5N/c1-20-13(19)7-21-14-11(3-2-4-18-14)22-12-6-10(17)8(15)5-9(12)16;1-2/h2-6H,7,17H2,1H3;2H2,1H3. The molecule has 7 nitrogen and oxygen atoms in total. The predicted octanol–water partition coefficient (Wildman–Crippen LogP) is 2.89. The summed E-state index contributed by atoms with van der Waals surface area (Å²) in [4.78, 5) is 15.1. The zero-order valence-electron chi connectivity index (χ0n) is 13.1. The number of carbonyl (C=O) groups is 1. The first-order valence-corrected chi connectivity index (χ1v) is 7.41. The Morgan fingerprint density at radius 2 is 1.92 bits per heavy atom. The molecule has 0 aliphatic carbocycles. The van der Waals surface area contributed by atoms with Crippen molar-refractivity contribution in [3.63, 3.8) is 0 Å². The molecule has 1 aromatic carbocycles. The van der Waals surface area contributed by atoms with Gasteiger partial charge < -0.3 is 25.7 Å². The number of aromatic nitrogens is 1. The van der Waals surface area contributed by atoms with Crippen LogP contribution in [0.3, 0.4) is 0 Å². The second kappa shape index (κ2) is 9.82. The van der Waals surface area contributed by atoms with Gasteiger partial charge in [-0.1, -0.05) is 23.2 Å². The summed E-state index contributed by atoms with van der Waals surface area (Å²) in [5, 5.41) is 0.604. The second-order valence-corrected chi connectivity index (χ2v) is 4.89. The quantitative estimate of drug-likeness (QED) is 0.612. The number of ether oxygens (including phenoxy) is 3. The number of methoxy groups -OCH3 is 1. The molecule has 4 N–H and O–H groups in total. The molecule has 1 heterocycles. The van der Waals surface area contributed by atoms with E-state index in [4.69, 9.17) is 38.4 Å². The van der Waals surface area contributed by atoms with Crippen molar-refractivity contribution in [3.8, 4) is 17.4 Å². The lowest BCUT2D eigenvalue weighted by Gasteiger charge is -2.12. The maximum absolute atomic E-state index is 11.1. The molecule has 2 rings (SSSR count). The Morgan fingerprint density at radius 3 is 2.58 bits per heavy atom. The molecule has 0 saturated carbocycles. The Labute approximate surface area is 149 Å². The van der Waals surface area contributed by atoms with E-state index in [0.717, 1.165) is 0 Å². The number of esters is 1. The summed E-state index contributed by atoms with van der Waals surface area (Å²) in [6, 6.07) is 6.22. The van der Waals surface area contributed by atoms with Gasteiger partial charge in [-0.05, 0) is 25.2 Å². The highest BCUT2D eigenvalue weighted by Gasteiger charge is 2.13. The maximum Gasteiger partial charge on any atom is 0.343 e. The van der Waals surface area contributed by atoms with Gasteiger partial charge in [0.05, 0.1) is 22.8 Å². The van der Waals surface area contributed by atoms with Gasteiger partial charge in [-0.25, -0.2) is 9.78 Å². The van der Waals surface area contributed by atoms with E-state index in [1.54, 1.807) is 12.1 Å². The Morgan fingerprint density at radius 1 is 1.21 bits per heavy atom. The molecule has 0 atom stereocenters. The molecule has 1 aromatic heterocycles. The Hall–Kier alpha value is -2.22. The number of nitrogen functional groups attached to an aromatic ring is 1. The second-order valence-electron chi connectivity index (χ2n) is 4.08. The summed E-state index contributed by atoms with van der Waals surface area (Å²) >= 11 is 11.9. The number of hydrogen-bond acceptors (Lipinski definition) is 7. The number of halogens is 2. The molecule has 2 aromatic rings. The smallest absolute Gasteiger partial charge is 0.343 e. The van der Waals surface area contributed by atoms with E-state index in [9.17, 15) is 4.79 Å². The third-order valence-electron chi connectivity index (χ3n) is 2.56. The van der Waals surface area contributed by atoms with Gasteiger partial charge in [0.1, 0.15) is 5.75 Å². The van der Waals surface area contributed by atoms with Gasteiger partial charge in [0.2, 0.25) is 0 Å². The van der Waals surface area contributed by atoms with Gasteiger partial charge in [-0.15, -0.1) is 0 Å². The van der Waals surface area contributed by atoms with Crippen molar-refractivity contribution >= 4 is 34.9 Å². The van der Waals surface area contributed by atoms with Crippen LogP contribution in [-0.2, 0) is 9.53 Å². The molecule has 0 aliphatic heterocycles. The van der Waals surface area contributed by atoms with E-state index in [-0.39, 0.29) is 23.3 Å². The summed E-state index contributed by atoms with van der Waals surface area (Å²) in [6.07, 6.45) is 1.50. The summed E-state index contributed by atoms with van der Waals surface area (Å²) in [5.41, 5.74) is 10.5. The van der Waals surface area contributed by atoms with E-state index in [1.165, 1.54) is 32.5 Å². The van der Waals surface area contributed by atoms with E-state index < -0.39 is 5.97 Å². The first kappa shape index (κ1) is 19.8. The normalized spacial score (nSPS) is 9.54. The van der Waals surface area contributed by atoms with Crippen molar-refractivity contribution in [3.05, 3.63) is 40.5 Å². The Kier molecular flexibility index (Phi) is 8.11. The largest absolute Gasteiger partial charge is 0.466 e. The van der Waals surface area contributed by atoms with Crippen LogP contribution in [0.25, 0.3) is 0 Å². The van der Waals surface area contributed by atoms with E-state index in [0.29, 0.717) is 16.5 Å². The van der Waals surface area contributed by atoms with E-state index >= 15 is 0 Å². The van der Waals surface area contributed by atoms with E-state index in [2.05, 4.69) is 15.5 Å². The molecule has 9 heteroatoms. The van der Waals surface area contributed by atoms with Crippen LogP contribution >= 0.6 is 23.2 Å². The summed E-state index contributed by atoms with van der Waals surface area (Å²) < 4.78 is 15.4. The summed E-state index contributed by atoms with van der Waals surface area (Å²) in [5.74, 6) is 0.150. The van der Waals surface area contributed by atoms with Crippen LogP contribution in [-0.4, -0.2) is 31.7 Å². The molecule has 0 radical (unpaired) electrons. The lowest BCUT2D eigenvalue weighted by molar-refractivity contribution is -0.143. The lowest BCUT2D eigenvalue weighted by Crippen LogP contribution is -2.13. The van der Waals surface area contributed by atoms with Crippen molar-refractivity contribution in [1.29, 1.82) is 0 Å². The van der Waals surface area contributed by atoms with Crippen molar-refractivity contribution in [2.75, 3.05) is 26.5 Å². The van der Waals surface area contributed by atoms with Crippen LogP contribution in [0.2, 0.25) is 10.0 Å². The molecule has 130 valence electrons. The number of anilines is 1. The SMILES string of the molecule is CN.COC(=O)COc1ncccc1Oc1cc(N)c(Cl)cc1Cl. The van der Waals surface area contributed by atoms with Crippen LogP contribution in [0, 0.1) is 0 Å². The Bertz CT molecular complexity index is 698. The predicted molar refractivity (Wildman–Crippen MR) is 92.8 cm³/mol. The number of carbonyl (C=O) groups excluding carboxylic acids is 1. The van der Waals surface area contributed by atoms with Gasteiger partial charge in [-0.3, -0.25) is 0 Å². The fourth-order valence-electron chi connectivity index (χ4n) is 1.49. The number of benzene rings is 1. The minimum atomic E-state index is -0.537. The van der Waals surface area contributed by atoms with E-state index in [1.807, 2.05) is 0 Å². The van der Waals surface area contributed by atoms with Crippen molar-refractivity contribution in [1.82, 2.24) is 4.98 Å². The fraction of sp³-hybridized carbons (Fsp3) is 0.200. The maximum atomic E-state index is 11.1. The molecule has 24 heavy (non-hydrogen) atoms. The first-order chi connectivity index (χ1) is 11.5. The molecule has 0 saturated heterocycles. The van der Waals surface area contributed by atoms with Crippen molar-refractivity contribution in [2.24, 2.45) is 5.73 Å². The van der Waals surface area contributed by atoms with Gasteiger partial charge in [-0.2, -0.15) is 0 Å². The average Bonchev–Trinajstić information content (AvgIpc) is 2.60. The lowest BCUT2D eigenvalue weighted by atomic mass is 10.3. The molecule has 0 spiro atoms. The third-order valence-corrected chi connectivity index (χ3v) is 3.18. The van der Waals surface area contributed by atoms with Crippen molar-refractivity contribution in [2.45, 2.75) is 0 Å². The van der Waals surface area contributed by atoms with Gasteiger partial charge in [0, 0.05) is 12.3 Å². The number of nitrogens with two attached hydrogens (primary N) is 2. The molecule has 0 unspecified atom stereocenters. The first-order valence-electron chi connectivity index (χ1n) is 6.66. The van der Waals surface area contributed by atoms with Gasteiger partial charge in [0.25, 0.3) is 5.88 Å². The van der Waals surface area contributed by atoms with Crippen LogP contribution < -0.4 is 20.9 Å².